The average Bonchev–Trinajstić information content (AvgIpc) is 2.90. The number of benzene rings is 1. The molecule has 4 amide bonds. The van der Waals surface area contributed by atoms with E-state index in [2.05, 4.69) is 44.3 Å². The van der Waals surface area contributed by atoms with Gasteiger partial charge in [-0.25, -0.2) is 4.79 Å². The van der Waals surface area contributed by atoms with Gasteiger partial charge in [0.2, 0.25) is 5.91 Å². The molecular formula is C24H31N3O3. The van der Waals surface area contributed by atoms with Gasteiger partial charge < -0.3 is 10.2 Å². The molecule has 6 nitrogen and oxygen atoms in total. The van der Waals surface area contributed by atoms with Crippen molar-refractivity contribution in [2.24, 2.45) is 11.3 Å². The van der Waals surface area contributed by atoms with Crippen LogP contribution in [0.2, 0.25) is 0 Å². The van der Waals surface area contributed by atoms with E-state index in [1.165, 1.54) is 11.1 Å². The Hall–Kier alpha value is -2.63. The number of nitrogens with one attached hydrogen (secondary N) is 1. The van der Waals surface area contributed by atoms with Gasteiger partial charge in [0.15, 0.2) is 0 Å². The molecular weight excluding hydrogens is 378 g/mol. The molecule has 2 atom stereocenters. The lowest BCUT2D eigenvalue weighted by Gasteiger charge is -2.43. The van der Waals surface area contributed by atoms with Crippen molar-refractivity contribution >= 4 is 23.4 Å². The lowest BCUT2D eigenvalue weighted by Crippen LogP contribution is -2.54. The first-order valence-corrected chi connectivity index (χ1v) is 10.9. The molecule has 1 aromatic rings. The van der Waals surface area contributed by atoms with Crippen molar-refractivity contribution in [3.63, 3.8) is 0 Å². The quantitative estimate of drug-likeness (QED) is 0.778. The van der Waals surface area contributed by atoms with Gasteiger partial charge in [-0.2, -0.15) is 0 Å². The number of hydrogen-bond donors (Lipinski definition) is 1. The number of hydrogen-bond acceptors (Lipinski definition) is 3. The Kier molecular flexibility index (Phi) is 5.20. The maximum atomic E-state index is 13.2. The van der Waals surface area contributed by atoms with Crippen LogP contribution in [-0.4, -0.2) is 52.8 Å². The summed E-state index contributed by atoms with van der Waals surface area (Å²) in [6.45, 7) is 7.32. The Balaban J connectivity index is 1.42. The molecule has 0 bridgehead atoms. The number of carbonyl (C=O) groups excluding carboxylic acids is 3. The van der Waals surface area contributed by atoms with Crippen LogP contribution >= 0.6 is 0 Å². The van der Waals surface area contributed by atoms with E-state index in [-0.39, 0.29) is 23.8 Å². The second-order valence-corrected chi connectivity index (χ2v) is 9.94. The molecule has 1 N–H and O–H groups in total. The van der Waals surface area contributed by atoms with Crippen LogP contribution in [0.3, 0.4) is 0 Å². The zero-order valence-corrected chi connectivity index (χ0v) is 18.1. The van der Waals surface area contributed by atoms with Crippen molar-refractivity contribution < 1.29 is 14.4 Å². The van der Waals surface area contributed by atoms with Crippen LogP contribution in [0.4, 0.5) is 4.79 Å². The largest absolute Gasteiger partial charge is 0.337 e. The molecule has 2 aliphatic heterocycles. The molecule has 1 saturated carbocycles. The van der Waals surface area contributed by atoms with Crippen molar-refractivity contribution in [3.05, 3.63) is 42.0 Å². The molecule has 30 heavy (non-hydrogen) atoms. The van der Waals surface area contributed by atoms with Crippen molar-refractivity contribution in [1.29, 1.82) is 0 Å². The molecule has 2 fully saturated rings. The molecule has 6 heteroatoms. The minimum absolute atomic E-state index is 0.0217. The van der Waals surface area contributed by atoms with E-state index in [4.69, 9.17) is 0 Å². The first kappa shape index (κ1) is 20.6. The van der Waals surface area contributed by atoms with E-state index in [9.17, 15) is 14.4 Å². The second kappa shape index (κ2) is 7.56. The summed E-state index contributed by atoms with van der Waals surface area (Å²) in [6, 6.07) is 9.71. The van der Waals surface area contributed by atoms with Gasteiger partial charge in [-0.3, -0.25) is 14.5 Å². The molecule has 2 unspecified atom stereocenters. The van der Waals surface area contributed by atoms with E-state index in [0.29, 0.717) is 31.8 Å². The zero-order chi connectivity index (χ0) is 21.5. The molecule has 3 aliphatic rings. The van der Waals surface area contributed by atoms with Gasteiger partial charge in [-0.1, -0.05) is 57.2 Å². The third-order valence-corrected chi connectivity index (χ3v) is 6.62. The topological polar surface area (TPSA) is 69.7 Å². The van der Waals surface area contributed by atoms with Crippen molar-refractivity contribution in [2.45, 2.75) is 52.0 Å². The fraction of sp³-hybridized carbons (Fsp3) is 0.542. The van der Waals surface area contributed by atoms with Crippen LogP contribution < -0.4 is 5.32 Å². The molecule has 1 aliphatic carbocycles. The summed E-state index contributed by atoms with van der Waals surface area (Å²) in [6.07, 6.45) is 5.12. The standard InChI is InChI=1S/C24H31N3O3/c1-17-13-23(2,3)16-24(14-17)21(29)27(22(30)25-24)15-20(28)26-11-9-19(10-12-26)18-7-5-4-6-8-18/h4-9,17H,10-16H2,1-3H3,(H,25,30). The van der Waals surface area contributed by atoms with Crippen LogP contribution in [0.25, 0.3) is 5.57 Å². The lowest BCUT2D eigenvalue weighted by atomic mass is 9.64. The second-order valence-electron chi connectivity index (χ2n) is 9.94. The molecule has 1 spiro atoms. The van der Waals surface area contributed by atoms with Gasteiger partial charge in [0.25, 0.3) is 5.91 Å². The number of imide groups is 1. The van der Waals surface area contributed by atoms with Gasteiger partial charge in [0.05, 0.1) is 0 Å². The summed E-state index contributed by atoms with van der Waals surface area (Å²) in [5.41, 5.74) is 1.52. The number of nitrogens with zero attached hydrogens (tertiary/aromatic N) is 2. The highest BCUT2D eigenvalue weighted by Gasteiger charge is 2.56. The molecule has 160 valence electrons. The Bertz CT molecular complexity index is 892. The van der Waals surface area contributed by atoms with Gasteiger partial charge in [-0.15, -0.1) is 0 Å². The first-order chi connectivity index (χ1) is 14.2. The highest BCUT2D eigenvalue weighted by Crippen LogP contribution is 2.46. The lowest BCUT2D eigenvalue weighted by molar-refractivity contribution is -0.140. The summed E-state index contributed by atoms with van der Waals surface area (Å²) in [7, 11) is 0. The molecule has 0 radical (unpaired) electrons. The number of urea groups is 1. The SMILES string of the molecule is CC1CC(C)(C)CC2(C1)NC(=O)N(CC(=O)N1CC=C(c3ccccc3)CC1)C2=O. The average molecular weight is 410 g/mol. The minimum Gasteiger partial charge on any atom is -0.337 e. The van der Waals surface area contributed by atoms with Crippen LogP contribution in [0.5, 0.6) is 0 Å². The predicted molar refractivity (Wildman–Crippen MR) is 115 cm³/mol. The van der Waals surface area contributed by atoms with Crippen LogP contribution in [0.15, 0.2) is 36.4 Å². The van der Waals surface area contributed by atoms with Gasteiger partial charge in [-0.05, 0) is 48.2 Å². The van der Waals surface area contributed by atoms with Gasteiger partial charge in [0.1, 0.15) is 12.1 Å². The molecule has 4 rings (SSSR count). The molecule has 2 heterocycles. The van der Waals surface area contributed by atoms with E-state index in [1.807, 2.05) is 18.2 Å². The summed E-state index contributed by atoms with van der Waals surface area (Å²) >= 11 is 0. The van der Waals surface area contributed by atoms with E-state index >= 15 is 0 Å². The monoisotopic (exact) mass is 409 g/mol. The Labute approximate surface area is 178 Å². The van der Waals surface area contributed by atoms with E-state index in [0.717, 1.165) is 17.7 Å². The van der Waals surface area contributed by atoms with Gasteiger partial charge in [0, 0.05) is 13.1 Å². The highest BCUT2D eigenvalue weighted by molar-refractivity contribution is 6.09. The normalized spacial score (nSPS) is 28.5. The minimum atomic E-state index is -0.860. The van der Waals surface area contributed by atoms with Crippen LogP contribution in [0, 0.1) is 11.3 Å². The fourth-order valence-electron chi connectivity index (χ4n) is 5.69. The zero-order valence-electron chi connectivity index (χ0n) is 18.1. The van der Waals surface area contributed by atoms with Crippen molar-refractivity contribution in [3.8, 4) is 0 Å². The van der Waals surface area contributed by atoms with Crippen molar-refractivity contribution in [1.82, 2.24) is 15.1 Å². The van der Waals surface area contributed by atoms with E-state index < -0.39 is 11.6 Å². The molecule has 0 aromatic heterocycles. The summed E-state index contributed by atoms with van der Waals surface area (Å²) in [4.78, 5) is 41.6. The van der Waals surface area contributed by atoms with Crippen LogP contribution in [-0.2, 0) is 9.59 Å². The highest BCUT2D eigenvalue weighted by atomic mass is 16.2. The first-order valence-electron chi connectivity index (χ1n) is 10.9. The Morgan fingerprint density at radius 1 is 1.17 bits per heavy atom. The predicted octanol–water partition coefficient (Wildman–Crippen LogP) is 3.44. The fourth-order valence-corrected chi connectivity index (χ4v) is 5.69. The van der Waals surface area contributed by atoms with Gasteiger partial charge >= 0.3 is 6.03 Å². The Morgan fingerprint density at radius 3 is 2.53 bits per heavy atom. The maximum Gasteiger partial charge on any atom is 0.325 e. The molecule has 1 aromatic carbocycles. The summed E-state index contributed by atoms with van der Waals surface area (Å²) < 4.78 is 0. The number of amides is 4. The smallest absolute Gasteiger partial charge is 0.325 e. The Morgan fingerprint density at radius 2 is 1.90 bits per heavy atom. The number of rotatable bonds is 3. The van der Waals surface area contributed by atoms with Crippen molar-refractivity contribution in [2.75, 3.05) is 19.6 Å². The third-order valence-electron chi connectivity index (χ3n) is 6.62. The maximum absolute atomic E-state index is 13.2. The summed E-state index contributed by atoms with van der Waals surface area (Å²) in [5, 5.41) is 2.95. The summed E-state index contributed by atoms with van der Waals surface area (Å²) in [5.74, 6) is -0.0719. The molecule has 1 saturated heterocycles. The third kappa shape index (κ3) is 3.87. The van der Waals surface area contributed by atoms with Crippen LogP contribution in [0.1, 0.15) is 52.0 Å². The number of carbonyl (C=O) groups is 3. The van der Waals surface area contributed by atoms with E-state index in [1.54, 1.807) is 4.90 Å².